The smallest absolute Gasteiger partial charge is 0.0637 e. The number of nitrogens with two attached hydrogens (primary N) is 3. The molecule has 0 aromatic carbocycles. The van der Waals surface area contributed by atoms with Crippen molar-refractivity contribution in [1.29, 1.82) is 0 Å². The van der Waals surface area contributed by atoms with Crippen molar-refractivity contribution < 1.29 is 0 Å². The first-order chi connectivity index (χ1) is 8.62. The molecule has 0 atom stereocenters. The largest absolute Gasteiger partial charge is 0.330 e. The fourth-order valence-corrected chi connectivity index (χ4v) is 2.32. The van der Waals surface area contributed by atoms with Crippen LogP contribution in [0.2, 0.25) is 0 Å². The van der Waals surface area contributed by atoms with Gasteiger partial charge in [-0.2, -0.15) is 0 Å². The highest BCUT2D eigenvalue weighted by Crippen LogP contribution is 2.15. The lowest BCUT2D eigenvalue weighted by molar-refractivity contribution is 0.353. The van der Waals surface area contributed by atoms with Crippen molar-refractivity contribution in [1.82, 2.24) is 0 Å². The van der Waals surface area contributed by atoms with E-state index >= 15 is 0 Å². The van der Waals surface area contributed by atoms with E-state index in [9.17, 15) is 0 Å². The Kier molecular flexibility index (Phi) is 11.9. The fourth-order valence-electron chi connectivity index (χ4n) is 2.32. The van der Waals surface area contributed by atoms with Crippen LogP contribution in [0.4, 0.5) is 0 Å². The van der Waals surface area contributed by atoms with E-state index in [1.165, 1.54) is 51.4 Å². The third-order valence-electron chi connectivity index (χ3n) is 3.59. The Hall–Kier alpha value is -0.120. The lowest BCUT2D eigenvalue weighted by Gasteiger charge is -2.24. The van der Waals surface area contributed by atoms with Gasteiger partial charge in [0.25, 0.3) is 0 Å². The molecule has 0 aromatic heterocycles. The molecule has 3 nitrogen and oxygen atoms in total. The summed E-state index contributed by atoms with van der Waals surface area (Å²) >= 11 is 0. The van der Waals surface area contributed by atoms with Crippen LogP contribution in [0, 0.1) is 0 Å². The molecule has 0 radical (unpaired) electrons. The van der Waals surface area contributed by atoms with Gasteiger partial charge in [0.2, 0.25) is 0 Å². The molecule has 0 spiro atoms. The van der Waals surface area contributed by atoms with Crippen LogP contribution in [0.5, 0.6) is 0 Å². The Morgan fingerprint density at radius 2 is 1.11 bits per heavy atom. The Bertz CT molecular complexity index is 169. The van der Waals surface area contributed by atoms with Crippen molar-refractivity contribution in [3.63, 3.8) is 0 Å². The first kappa shape index (κ1) is 17.9. The number of hydrogen-bond donors (Lipinski definition) is 3. The average molecular weight is 257 g/mol. The number of rotatable bonds is 13. The van der Waals surface area contributed by atoms with Gasteiger partial charge < -0.3 is 17.2 Å². The minimum atomic E-state index is -0.486. The molecule has 0 fully saturated rings. The van der Waals surface area contributed by atoms with Crippen molar-refractivity contribution in [2.24, 2.45) is 17.2 Å². The maximum Gasteiger partial charge on any atom is 0.0637 e. The molecule has 110 valence electrons. The minimum Gasteiger partial charge on any atom is -0.330 e. The molecule has 0 amide bonds. The predicted octanol–water partition coefficient (Wildman–Crippen LogP) is 3.26. The summed E-state index contributed by atoms with van der Waals surface area (Å²) in [5.74, 6) is 0. The molecule has 0 unspecified atom stereocenters. The molecule has 6 N–H and O–H groups in total. The highest BCUT2D eigenvalue weighted by molar-refractivity contribution is 4.76. The second-order valence-corrected chi connectivity index (χ2v) is 5.70. The highest BCUT2D eigenvalue weighted by Gasteiger charge is 2.16. The van der Waals surface area contributed by atoms with Crippen molar-refractivity contribution in [2.75, 3.05) is 6.54 Å². The van der Waals surface area contributed by atoms with Gasteiger partial charge in [0, 0.05) is 0 Å². The predicted molar refractivity (Wildman–Crippen MR) is 81.2 cm³/mol. The summed E-state index contributed by atoms with van der Waals surface area (Å²) in [6.07, 6.45) is 14.8. The van der Waals surface area contributed by atoms with Crippen LogP contribution in [0.25, 0.3) is 0 Å². The molecule has 0 saturated heterocycles. The zero-order valence-electron chi connectivity index (χ0n) is 12.4. The standard InChI is InChI=1S/C15H35N3/c1-2-3-4-5-6-7-8-9-10-12-15(17,18)13-11-14-16/h2-14,16-18H2,1H3. The Labute approximate surface area is 114 Å². The van der Waals surface area contributed by atoms with Crippen molar-refractivity contribution >= 4 is 0 Å². The molecule has 0 bridgehead atoms. The van der Waals surface area contributed by atoms with E-state index in [0.717, 1.165) is 25.7 Å². The summed E-state index contributed by atoms with van der Waals surface area (Å²) in [5, 5.41) is 0. The molecule has 3 heteroatoms. The van der Waals surface area contributed by atoms with Gasteiger partial charge in [0.1, 0.15) is 0 Å². The molecule has 0 aliphatic heterocycles. The first-order valence-corrected chi connectivity index (χ1v) is 7.90. The summed E-state index contributed by atoms with van der Waals surface area (Å²) in [6.45, 7) is 2.95. The van der Waals surface area contributed by atoms with Gasteiger partial charge >= 0.3 is 0 Å². The first-order valence-electron chi connectivity index (χ1n) is 7.90. The summed E-state index contributed by atoms with van der Waals surface area (Å²) in [5.41, 5.74) is 17.0. The number of unbranched alkanes of at least 4 members (excludes halogenated alkanes) is 8. The third kappa shape index (κ3) is 12.3. The lowest BCUT2D eigenvalue weighted by atomic mass is 9.97. The van der Waals surface area contributed by atoms with Crippen LogP contribution in [0.3, 0.4) is 0 Å². The quantitative estimate of drug-likeness (QED) is 0.350. The van der Waals surface area contributed by atoms with Gasteiger partial charge in [-0.15, -0.1) is 0 Å². The zero-order valence-corrected chi connectivity index (χ0v) is 12.4. The van der Waals surface area contributed by atoms with Crippen molar-refractivity contribution in [3.05, 3.63) is 0 Å². The van der Waals surface area contributed by atoms with Crippen LogP contribution in [-0.2, 0) is 0 Å². The summed E-state index contributed by atoms with van der Waals surface area (Å²) in [7, 11) is 0. The van der Waals surface area contributed by atoms with Crippen LogP contribution >= 0.6 is 0 Å². The molecule has 18 heavy (non-hydrogen) atoms. The molecule has 0 aromatic rings. The van der Waals surface area contributed by atoms with Crippen LogP contribution in [0.15, 0.2) is 0 Å². The molecule has 0 aliphatic rings. The average Bonchev–Trinajstić information content (AvgIpc) is 2.34. The van der Waals surface area contributed by atoms with Gasteiger partial charge in [-0.25, -0.2) is 0 Å². The fraction of sp³-hybridized carbons (Fsp3) is 1.00. The molecule has 0 saturated carbocycles. The topological polar surface area (TPSA) is 78.1 Å². The summed E-state index contributed by atoms with van der Waals surface area (Å²) in [6, 6.07) is 0. The molecule has 0 rings (SSSR count). The SMILES string of the molecule is CCCCCCCCCCCC(N)(N)CCCN. The van der Waals surface area contributed by atoms with E-state index < -0.39 is 5.66 Å². The van der Waals surface area contributed by atoms with Gasteiger partial charge in [-0.3, -0.25) is 0 Å². The van der Waals surface area contributed by atoms with Gasteiger partial charge in [0.15, 0.2) is 0 Å². The molecular formula is C15H35N3. The third-order valence-corrected chi connectivity index (χ3v) is 3.59. The summed E-state index contributed by atoms with van der Waals surface area (Å²) < 4.78 is 0. The van der Waals surface area contributed by atoms with E-state index in [1.54, 1.807) is 0 Å². The van der Waals surface area contributed by atoms with Crippen molar-refractivity contribution in [3.8, 4) is 0 Å². The maximum absolute atomic E-state index is 6.02. The normalized spacial score (nSPS) is 12.0. The van der Waals surface area contributed by atoms with E-state index in [1.807, 2.05) is 0 Å². The van der Waals surface area contributed by atoms with Crippen LogP contribution in [-0.4, -0.2) is 12.2 Å². The van der Waals surface area contributed by atoms with E-state index in [4.69, 9.17) is 17.2 Å². The highest BCUT2D eigenvalue weighted by atomic mass is 14.9. The lowest BCUT2D eigenvalue weighted by Crippen LogP contribution is -2.49. The second kappa shape index (κ2) is 11.9. The molecule has 0 heterocycles. The Morgan fingerprint density at radius 3 is 1.61 bits per heavy atom. The molecule has 0 aliphatic carbocycles. The van der Waals surface area contributed by atoms with Crippen LogP contribution in [0.1, 0.15) is 84.0 Å². The van der Waals surface area contributed by atoms with Crippen LogP contribution < -0.4 is 17.2 Å². The summed E-state index contributed by atoms with van der Waals surface area (Å²) in [4.78, 5) is 0. The Morgan fingerprint density at radius 1 is 0.667 bits per heavy atom. The van der Waals surface area contributed by atoms with E-state index in [0.29, 0.717) is 6.54 Å². The van der Waals surface area contributed by atoms with Gasteiger partial charge in [-0.1, -0.05) is 64.7 Å². The second-order valence-electron chi connectivity index (χ2n) is 5.70. The van der Waals surface area contributed by atoms with E-state index in [2.05, 4.69) is 6.92 Å². The van der Waals surface area contributed by atoms with Crippen molar-refractivity contribution in [2.45, 2.75) is 89.6 Å². The monoisotopic (exact) mass is 257 g/mol. The van der Waals surface area contributed by atoms with Gasteiger partial charge in [0.05, 0.1) is 5.66 Å². The zero-order chi connectivity index (χ0) is 13.7. The van der Waals surface area contributed by atoms with Gasteiger partial charge in [-0.05, 0) is 25.8 Å². The van der Waals surface area contributed by atoms with E-state index in [-0.39, 0.29) is 0 Å². The maximum atomic E-state index is 6.02. The number of hydrogen-bond acceptors (Lipinski definition) is 3. The Balaban J connectivity index is 3.23. The minimum absolute atomic E-state index is 0.486. The molecular weight excluding hydrogens is 222 g/mol.